The van der Waals surface area contributed by atoms with Crippen LogP contribution in [0.5, 0.6) is 11.5 Å². The van der Waals surface area contributed by atoms with Crippen molar-refractivity contribution in [2.24, 2.45) is 0 Å². The third-order valence-corrected chi connectivity index (χ3v) is 9.34. The lowest BCUT2D eigenvalue weighted by Gasteiger charge is -2.39. The predicted octanol–water partition coefficient (Wildman–Crippen LogP) is 8.36. The summed E-state index contributed by atoms with van der Waals surface area (Å²) in [5.74, 6) is 2.42. The highest BCUT2D eigenvalue weighted by atomic mass is 16.6. The summed E-state index contributed by atoms with van der Waals surface area (Å²) in [5, 5.41) is 3.44. The molecule has 2 aliphatic rings. The predicted molar refractivity (Wildman–Crippen MR) is 201 cm³/mol. The van der Waals surface area contributed by atoms with Crippen LogP contribution in [-0.4, -0.2) is 69.2 Å². The third-order valence-electron chi connectivity index (χ3n) is 9.34. The van der Waals surface area contributed by atoms with E-state index in [1.54, 1.807) is 19.1 Å². The van der Waals surface area contributed by atoms with Crippen LogP contribution in [0.3, 0.4) is 0 Å². The summed E-state index contributed by atoms with van der Waals surface area (Å²) in [5.41, 5.74) is 4.37. The molecule has 2 fully saturated rings. The highest BCUT2D eigenvalue weighted by Crippen LogP contribution is 2.32. The van der Waals surface area contributed by atoms with Gasteiger partial charge in [-0.2, -0.15) is 0 Å². The Bertz CT molecular complexity index is 1590. The number of piperidine rings is 2. The summed E-state index contributed by atoms with van der Waals surface area (Å²) in [6.45, 7) is 9.94. The van der Waals surface area contributed by atoms with Crippen molar-refractivity contribution in [3.63, 3.8) is 0 Å². The van der Waals surface area contributed by atoms with Crippen molar-refractivity contribution in [1.82, 2.24) is 10.2 Å². The molecule has 0 aliphatic carbocycles. The molecule has 2 heterocycles. The summed E-state index contributed by atoms with van der Waals surface area (Å²) in [4.78, 5) is 14.3. The van der Waals surface area contributed by atoms with Gasteiger partial charge >= 0.3 is 6.09 Å². The summed E-state index contributed by atoms with van der Waals surface area (Å²) < 4.78 is 28.5. The van der Waals surface area contributed by atoms with Crippen LogP contribution in [0, 0.1) is 0 Å². The zero-order valence-corrected chi connectivity index (χ0v) is 30.8. The van der Waals surface area contributed by atoms with E-state index >= 15 is 0 Å². The largest absolute Gasteiger partial charge is 0.497 e. The fraction of sp³-hybridized carbons (Fsp3) is 0.419. The lowest BCUT2D eigenvalue weighted by atomic mass is 9.87. The molecule has 0 radical (unpaired) electrons. The van der Waals surface area contributed by atoms with Crippen molar-refractivity contribution in [3.05, 3.63) is 131 Å². The van der Waals surface area contributed by atoms with E-state index in [9.17, 15) is 4.79 Å². The van der Waals surface area contributed by atoms with Gasteiger partial charge in [-0.3, -0.25) is 0 Å². The zero-order valence-electron chi connectivity index (χ0n) is 30.8. The van der Waals surface area contributed by atoms with Crippen LogP contribution in [0.15, 0.2) is 109 Å². The molecule has 4 unspecified atom stereocenters. The maximum Gasteiger partial charge on any atom is 0.410 e. The first-order valence-electron chi connectivity index (χ1n) is 18.0. The van der Waals surface area contributed by atoms with Crippen molar-refractivity contribution < 1.29 is 28.5 Å². The molecule has 51 heavy (non-hydrogen) atoms. The van der Waals surface area contributed by atoms with Crippen molar-refractivity contribution >= 4 is 6.09 Å². The number of carbonyl (C=O) groups is 1. The molecule has 4 aromatic rings. The number of nitrogens with one attached hydrogen (secondary N) is 1. The minimum Gasteiger partial charge on any atom is -0.497 e. The van der Waals surface area contributed by atoms with Gasteiger partial charge in [0.15, 0.2) is 0 Å². The quantitative estimate of drug-likeness (QED) is 0.179. The molecule has 1 amide bonds. The fourth-order valence-electron chi connectivity index (χ4n) is 6.60. The number of hydrogen-bond donors (Lipinski definition) is 1. The average Bonchev–Trinajstić information content (AvgIpc) is 3.17. The van der Waals surface area contributed by atoms with Crippen LogP contribution in [0.1, 0.15) is 67.7 Å². The van der Waals surface area contributed by atoms with Gasteiger partial charge in [-0.1, -0.05) is 84.9 Å². The first-order valence-corrected chi connectivity index (χ1v) is 18.0. The number of nitrogens with zero attached hydrogens (tertiary/aromatic N) is 1. The number of methoxy groups -OCH3 is 2. The van der Waals surface area contributed by atoms with Crippen molar-refractivity contribution in [1.29, 1.82) is 0 Å². The molecule has 0 bridgehead atoms. The molecule has 272 valence electrons. The van der Waals surface area contributed by atoms with E-state index in [1.165, 1.54) is 16.7 Å². The number of likely N-dealkylation sites (tertiary alicyclic amines) is 1. The second kappa shape index (κ2) is 18.7. The van der Waals surface area contributed by atoms with Gasteiger partial charge in [0, 0.05) is 24.9 Å². The summed E-state index contributed by atoms with van der Waals surface area (Å²) in [6, 6.07) is 37.1. The molecular formula is C43H54N2O6. The van der Waals surface area contributed by atoms with Gasteiger partial charge in [0.1, 0.15) is 17.1 Å². The van der Waals surface area contributed by atoms with Gasteiger partial charge in [0.2, 0.25) is 0 Å². The van der Waals surface area contributed by atoms with Crippen LogP contribution in [-0.2, 0) is 27.4 Å². The molecule has 6 rings (SSSR count). The Labute approximate surface area is 304 Å². The molecule has 2 saturated heterocycles. The van der Waals surface area contributed by atoms with Crippen molar-refractivity contribution in [2.45, 2.75) is 76.5 Å². The van der Waals surface area contributed by atoms with Crippen LogP contribution in [0.4, 0.5) is 4.79 Å². The number of amides is 1. The van der Waals surface area contributed by atoms with Gasteiger partial charge in [0.05, 0.1) is 46.2 Å². The molecular weight excluding hydrogens is 640 g/mol. The monoisotopic (exact) mass is 694 g/mol. The molecule has 0 aromatic heterocycles. The Morgan fingerprint density at radius 3 is 1.67 bits per heavy atom. The normalized spacial score (nSPS) is 20.5. The lowest BCUT2D eigenvalue weighted by Crippen LogP contribution is -2.48. The third kappa shape index (κ3) is 11.6. The van der Waals surface area contributed by atoms with E-state index in [0.29, 0.717) is 32.2 Å². The average molecular weight is 695 g/mol. The van der Waals surface area contributed by atoms with Crippen LogP contribution >= 0.6 is 0 Å². The van der Waals surface area contributed by atoms with E-state index in [-0.39, 0.29) is 24.2 Å². The van der Waals surface area contributed by atoms with E-state index in [0.717, 1.165) is 43.0 Å². The van der Waals surface area contributed by atoms with Gasteiger partial charge in [-0.15, -0.1) is 0 Å². The SMILES string of the molecule is COc1ccc(COC2CN(C(=O)OC(C)(C)C)CCC2c2ccccc2)cc1.COc1ccc(COC2CNCCC2c2ccccc2)cc1. The number of ether oxygens (including phenoxy) is 5. The summed E-state index contributed by atoms with van der Waals surface area (Å²) in [7, 11) is 3.34. The maximum absolute atomic E-state index is 12.6. The van der Waals surface area contributed by atoms with Crippen molar-refractivity contribution in [3.8, 4) is 11.5 Å². The summed E-state index contributed by atoms with van der Waals surface area (Å²) >= 11 is 0. The second-order valence-electron chi connectivity index (χ2n) is 14.1. The standard InChI is InChI=1S/C24H31NO4.C19H23NO2/c1-24(2,3)29-23(26)25-15-14-21(19-8-6-5-7-9-19)22(16-25)28-17-18-10-12-20(27-4)13-11-18;1-21-17-9-7-15(8-10-17)14-22-19-13-20-12-11-18(19)16-5-3-2-4-6-16/h5-13,21-22H,14-17H2,1-4H3;2-10,18-20H,11-14H2,1H3. The van der Waals surface area contributed by atoms with Crippen LogP contribution in [0.2, 0.25) is 0 Å². The number of hydrogen-bond acceptors (Lipinski definition) is 7. The fourth-order valence-corrected chi connectivity index (χ4v) is 6.60. The molecule has 2 aliphatic heterocycles. The van der Waals surface area contributed by atoms with Crippen molar-refractivity contribution in [2.75, 3.05) is 40.4 Å². The van der Waals surface area contributed by atoms with E-state index < -0.39 is 5.60 Å². The number of rotatable bonds is 10. The van der Waals surface area contributed by atoms with Crippen LogP contribution < -0.4 is 14.8 Å². The molecule has 0 spiro atoms. The van der Waals surface area contributed by atoms with E-state index in [1.807, 2.05) is 63.2 Å². The Balaban J connectivity index is 0.000000205. The van der Waals surface area contributed by atoms with Gasteiger partial charge in [0.25, 0.3) is 0 Å². The lowest BCUT2D eigenvalue weighted by molar-refractivity contribution is -0.0359. The maximum atomic E-state index is 12.6. The number of carbonyl (C=O) groups excluding carboxylic acids is 1. The summed E-state index contributed by atoms with van der Waals surface area (Å²) in [6.07, 6.45) is 1.81. The Morgan fingerprint density at radius 1 is 0.686 bits per heavy atom. The van der Waals surface area contributed by atoms with E-state index in [4.69, 9.17) is 23.7 Å². The molecule has 4 aromatic carbocycles. The van der Waals surface area contributed by atoms with Gasteiger partial charge in [-0.05, 0) is 86.7 Å². The Morgan fingerprint density at radius 2 is 1.18 bits per heavy atom. The number of benzene rings is 4. The van der Waals surface area contributed by atoms with Gasteiger partial charge in [-0.25, -0.2) is 4.79 Å². The first-order chi connectivity index (χ1) is 24.7. The minimum absolute atomic E-state index is 0.0965. The van der Waals surface area contributed by atoms with Crippen LogP contribution in [0.25, 0.3) is 0 Å². The Kier molecular flexibility index (Phi) is 13.9. The molecule has 8 heteroatoms. The molecule has 0 saturated carbocycles. The first kappa shape index (κ1) is 37.9. The topological polar surface area (TPSA) is 78.5 Å². The highest BCUT2D eigenvalue weighted by molar-refractivity contribution is 5.68. The molecule has 1 N–H and O–H groups in total. The second-order valence-corrected chi connectivity index (χ2v) is 14.1. The zero-order chi connectivity index (χ0) is 36.1. The Hall–Kier alpha value is -4.37. The molecule has 4 atom stereocenters. The smallest absolute Gasteiger partial charge is 0.410 e. The minimum atomic E-state index is -0.507. The van der Waals surface area contributed by atoms with E-state index in [2.05, 4.69) is 72.0 Å². The van der Waals surface area contributed by atoms with Gasteiger partial charge < -0.3 is 33.9 Å². The highest BCUT2D eigenvalue weighted by Gasteiger charge is 2.35. The molecule has 8 nitrogen and oxygen atoms in total.